The number of likely N-dealkylation sites (N-methyl/N-ethyl adjacent to an activating group) is 1. The normalized spacial score (nSPS) is 12.4. The molecule has 5 nitrogen and oxygen atoms in total. The number of carbonyl (C=O) groups is 1. The predicted octanol–water partition coefficient (Wildman–Crippen LogP) is 2.87. The van der Waals surface area contributed by atoms with Gasteiger partial charge < -0.3 is 14.6 Å². The molecule has 1 N–H and O–H groups in total. The number of benzene rings is 1. The highest BCUT2D eigenvalue weighted by atomic mass is 35.5. The number of ether oxygens (including phenoxy) is 1. The average molecular weight is 310 g/mol. The Morgan fingerprint density at radius 3 is 2.90 bits per heavy atom. The van der Waals surface area contributed by atoms with E-state index in [1.165, 1.54) is 0 Å². The van der Waals surface area contributed by atoms with Gasteiger partial charge in [-0.1, -0.05) is 13.0 Å². The number of hydrogen-bond donors (Lipinski definition) is 1. The van der Waals surface area contributed by atoms with Crippen molar-refractivity contribution in [2.45, 2.75) is 32.2 Å². The van der Waals surface area contributed by atoms with Gasteiger partial charge in [-0.2, -0.15) is 0 Å². The van der Waals surface area contributed by atoms with Crippen molar-refractivity contribution in [2.75, 3.05) is 13.7 Å². The number of nitrogens with zero attached hydrogens (tertiary/aromatic N) is 2. The number of amides is 1. The third kappa shape index (κ3) is 2.97. The summed E-state index contributed by atoms with van der Waals surface area (Å²) in [6.45, 7) is 4.51. The molecule has 1 atom stereocenters. The van der Waals surface area contributed by atoms with Crippen molar-refractivity contribution < 1.29 is 9.53 Å². The predicted molar refractivity (Wildman–Crippen MR) is 83.9 cm³/mol. The van der Waals surface area contributed by atoms with Crippen LogP contribution in [0.3, 0.4) is 0 Å². The van der Waals surface area contributed by atoms with Gasteiger partial charge in [0.2, 0.25) is 5.91 Å². The first-order chi connectivity index (χ1) is 10.1. The Hall–Kier alpha value is -1.75. The molecule has 0 aliphatic heterocycles. The number of rotatable bonds is 6. The van der Waals surface area contributed by atoms with Gasteiger partial charge >= 0.3 is 0 Å². The van der Waals surface area contributed by atoms with Crippen molar-refractivity contribution in [2.24, 2.45) is 0 Å². The molecule has 0 radical (unpaired) electrons. The first kappa shape index (κ1) is 15.6. The Labute approximate surface area is 129 Å². The zero-order valence-electron chi connectivity index (χ0n) is 12.5. The van der Waals surface area contributed by atoms with Gasteiger partial charge in [0.1, 0.15) is 23.1 Å². The van der Waals surface area contributed by atoms with Gasteiger partial charge in [0.15, 0.2) is 0 Å². The Morgan fingerprint density at radius 1 is 1.52 bits per heavy atom. The van der Waals surface area contributed by atoms with Crippen molar-refractivity contribution in [3.05, 3.63) is 24.0 Å². The van der Waals surface area contributed by atoms with Crippen LogP contribution < -0.4 is 10.1 Å². The number of hydrogen-bond acceptors (Lipinski definition) is 3. The molecule has 21 heavy (non-hydrogen) atoms. The average Bonchev–Trinajstić information content (AvgIpc) is 2.90. The van der Waals surface area contributed by atoms with Crippen LogP contribution in [0.5, 0.6) is 5.75 Å². The lowest BCUT2D eigenvalue weighted by molar-refractivity contribution is -0.123. The second-order valence-electron chi connectivity index (χ2n) is 4.79. The highest BCUT2D eigenvalue weighted by Gasteiger charge is 2.21. The van der Waals surface area contributed by atoms with Crippen LogP contribution in [-0.2, 0) is 10.7 Å². The maximum atomic E-state index is 11.9. The van der Waals surface area contributed by atoms with Gasteiger partial charge in [0.05, 0.1) is 18.0 Å². The van der Waals surface area contributed by atoms with Crippen LogP contribution >= 0.6 is 11.6 Å². The molecule has 0 spiro atoms. The molecule has 1 aromatic heterocycles. The van der Waals surface area contributed by atoms with Crippen molar-refractivity contribution in [1.82, 2.24) is 14.9 Å². The largest absolute Gasteiger partial charge is 0.491 e. The minimum atomic E-state index is -0.379. The van der Waals surface area contributed by atoms with E-state index in [9.17, 15) is 4.79 Å². The van der Waals surface area contributed by atoms with E-state index in [2.05, 4.69) is 17.2 Å². The van der Waals surface area contributed by atoms with E-state index in [0.717, 1.165) is 23.2 Å². The lowest BCUT2D eigenvalue weighted by Gasteiger charge is -2.15. The molecule has 0 saturated heterocycles. The van der Waals surface area contributed by atoms with E-state index in [4.69, 9.17) is 16.3 Å². The van der Waals surface area contributed by atoms with Crippen molar-refractivity contribution in [3.8, 4) is 5.75 Å². The monoisotopic (exact) mass is 309 g/mol. The van der Waals surface area contributed by atoms with Crippen LogP contribution in [0.15, 0.2) is 18.2 Å². The fourth-order valence-corrected chi connectivity index (χ4v) is 2.51. The Balaban J connectivity index is 2.56. The second kappa shape index (κ2) is 6.80. The van der Waals surface area contributed by atoms with E-state index in [1.807, 2.05) is 29.7 Å². The molecular formula is C15H20ClN3O2. The van der Waals surface area contributed by atoms with Gasteiger partial charge in [-0.05, 0) is 25.5 Å². The summed E-state index contributed by atoms with van der Waals surface area (Å²) in [5, 5.41) is 2.66. The standard InChI is InChI=1S/C15H20ClN3O2/c1-4-8-21-12-7-5-6-11-14(12)18-13(9-16)19(11)10(2)15(20)17-3/h5-7,10H,4,8-9H2,1-3H3,(H,17,20). The van der Waals surface area contributed by atoms with Crippen LogP contribution in [0.4, 0.5) is 0 Å². The van der Waals surface area contributed by atoms with Crippen LogP contribution in [-0.4, -0.2) is 29.1 Å². The number of nitrogens with one attached hydrogen (secondary N) is 1. The van der Waals surface area contributed by atoms with Gasteiger partial charge in [-0.25, -0.2) is 4.98 Å². The van der Waals surface area contributed by atoms with E-state index in [1.54, 1.807) is 7.05 Å². The molecule has 2 rings (SSSR count). The molecule has 0 aliphatic rings. The first-order valence-corrected chi connectivity index (χ1v) is 7.57. The Bertz CT molecular complexity index is 639. The maximum absolute atomic E-state index is 11.9. The smallest absolute Gasteiger partial charge is 0.242 e. The van der Waals surface area contributed by atoms with Crippen LogP contribution in [0, 0.1) is 0 Å². The van der Waals surface area contributed by atoms with Gasteiger partial charge in [0, 0.05) is 7.05 Å². The summed E-state index contributed by atoms with van der Waals surface area (Å²) in [7, 11) is 1.62. The number of imidazole rings is 1. The fraction of sp³-hybridized carbons (Fsp3) is 0.467. The van der Waals surface area contributed by atoms with Crippen LogP contribution in [0.25, 0.3) is 11.0 Å². The molecule has 0 aliphatic carbocycles. The third-order valence-electron chi connectivity index (χ3n) is 3.35. The quantitative estimate of drug-likeness (QED) is 0.835. The summed E-state index contributed by atoms with van der Waals surface area (Å²) in [4.78, 5) is 16.5. The molecule has 1 aromatic carbocycles. The Kier molecular flexibility index (Phi) is 5.07. The molecule has 1 heterocycles. The van der Waals surface area contributed by atoms with E-state index in [0.29, 0.717) is 12.4 Å². The highest BCUT2D eigenvalue weighted by molar-refractivity contribution is 6.17. The number of carbonyl (C=O) groups excluding carboxylic acids is 1. The topological polar surface area (TPSA) is 56.2 Å². The van der Waals surface area contributed by atoms with E-state index in [-0.39, 0.29) is 17.8 Å². The number of aromatic nitrogens is 2. The molecule has 2 aromatic rings. The van der Waals surface area contributed by atoms with Crippen LogP contribution in [0.1, 0.15) is 32.1 Å². The summed E-state index contributed by atoms with van der Waals surface area (Å²) in [6.07, 6.45) is 0.925. The molecule has 0 saturated carbocycles. The molecule has 1 amide bonds. The number of para-hydroxylation sites is 1. The van der Waals surface area contributed by atoms with Crippen LogP contribution in [0.2, 0.25) is 0 Å². The van der Waals surface area contributed by atoms with Gasteiger partial charge in [-0.3, -0.25) is 4.79 Å². The second-order valence-corrected chi connectivity index (χ2v) is 5.06. The minimum Gasteiger partial charge on any atom is -0.491 e. The summed E-state index contributed by atoms with van der Waals surface area (Å²) in [6, 6.07) is 5.34. The summed E-state index contributed by atoms with van der Waals surface area (Å²) in [5.74, 6) is 1.54. The zero-order valence-corrected chi connectivity index (χ0v) is 13.3. The summed E-state index contributed by atoms with van der Waals surface area (Å²) in [5.41, 5.74) is 1.60. The molecule has 114 valence electrons. The first-order valence-electron chi connectivity index (χ1n) is 7.04. The highest BCUT2D eigenvalue weighted by Crippen LogP contribution is 2.29. The van der Waals surface area contributed by atoms with E-state index < -0.39 is 0 Å². The van der Waals surface area contributed by atoms with Crippen molar-refractivity contribution in [3.63, 3.8) is 0 Å². The van der Waals surface area contributed by atoms with Gasteiger partial charge in [0.25, 0.3) is 0 Å². The molecule has 6 heteroatoms. The summed E-state index contributed by atoms with van der Waals surface area (Å²) >= 11 is 6.00. The third-order valence-corrected chi connectivity index (χ3v) is 3.59. The lowest BCUT2D eigenvalue weighted by Crippen LogP contribution is -2.28. The van der Waals surface area contributed by atoms with Gasteiger partial charge in [-0.15, -0.1) is 11.6 Å². The molecule has 0 fully saturated rings. The van der Waals surface area contributed by atoms with E-state index >= 15 is 0 Å². The number of halogens is 1. The van der Waals surface area contributed by atoms with Crippen molar-refractivity contribution >= 4 is 28.5 Å². The minimum absolute atomic E-state index is 0.0828. The zero-order chi connectivity index (χ0) is 15.4. The fourth-order valence-electron chi connectivity index (χ4n) is 2.32. The summed E-state index contributed by atoms with van der Waals surface area (Å²) < 4.78 is 7.59. The SMILES string of the molecule is CCCOc1cccc2c1nc(CCl)n2C(C)C(=O)NC. The molecule has 1 unspecified atom stereocenters. The lowest BCUT2D eigenvalue weighted by atomic mass is 10.2. The van der Waals surface area contributed by atoms with Crippen molar-refractivity contribution in [1.29, 1.82) is 0 Å². The molecule has 0 bridgehead atoms. The number of alkyl halides is 1. The maximum Gasteiger partial charge on any atom is 0.242 e. The number of fused-ring (bicyclic) bond motifs is 1. The molecular weight excluding hydrogens is 290 g/mol. The Morgan fingerprint density at radius 2 is 2.29 bits per heavy atom.